The molecule has 0 saturated carbocycles. The Bertz CT molecular complexity index is 115. The first-order valence-electron chi connectivity index (χ1n) is 5.71. The molecule has 0 aliphatic rings. The molecular formula is C12H24OS. The topological polar surface area (TPSA) is 9.23 Å². The van der Waals surface area contributed by atoms with E-state index in [1.807, 2.05) is 0 Å². The van der Waals surface area contributed by atoms with Crippen LogP contribution in [-0.4, -0.2) is 19.0 Å². The Labute approximate surface area is 94.3 Å². The second-order valence-corrected chi connectivity index (χ2v) is 4.01. The molecule has 14 heavy (non-hydrogen) atoms. The molecule has 0 unspecified atom stereocenters. The highest BCUT2D eigenvalue weighted by Crippen LogP contribution is 2.07. The first-order valence-corrected chi connectivity index (χ1v) is 6.34. The SMILES string of the molecule is C=CCOCCCCCCCCCS. The van der Waals surface area contributed by atoms with E-state index in [0.717, 1.165) is 12.4 Å². The minimum absolute atomic E-state index is 0.696. The lowest BCUT2D eigenvalue weighted by Crippen LogP contribution is -1.93. The van der Waals surface area contributed by atoms with E-state index in [1.165, 1.54) is 44.9 Å². The van der Waals surface area contributed by atoms with E-state index in [0.29, 0.717) is 6.61 Å². The predicted molar refractivity (Wildman–Crippen MR) is 67.2 cm³/mol. The van der Waals surface area contributed by atoms with Crippen molar-refractivity contribution in [3.05, 3.63) is 12.7 Å². The average molecular weight is 216 g/mol. The van der Waals surface area contributed by atoms with Crippen LogP contribution in [0.5, 0.6) is 0 Å². The van der Waals surface area contributed by atoms with Crippen LogP contribution >= 0.6 is 12.6 Å². The quantitative estimate of drug-likeness (QED) is 0.313. The van der Waals surface area contributed by atoms with Crippen LogP contribution in [0.4, 0.5) is 0 Å². The van der Waals surface area contributed by atoms with Crippen molar-refractivity contribution in [1.82, 2.24) is 0 Å². The molecule has 0 aliphatic carbocycles. The molecule has 0 aromatic rings. The molecule has 0 atom stereocenters. The fraction of sp³-hybridized carbons (Fsp3) is 0.833. The van der Waals surface area contributed by atoms with Crippen molar-refractivity contribution in [1.29, 1.82) is 0 Å². The monoisotopic (exact) mass is 216 g/mol. The van der Waals surface area contributed by atoms with Gasteiger partial charge in [-0.1, -0.05) is 38.2 Å². The highest BCUT2D eigenvalue weighted by atomic mass is 32.1. The number of hydrogen-bond donors (Lipinski definition) is 1. The molecule has 0 fully saturated rings. The van der Waals surface area contributed by atoms with E-state index >= 15 is 0 Å². The third-order valence-corrected chi connectivity index (χ3v) is 2.50. The van der Waals surface area contributed by atoms with Gasteiger partial charge < -0.3 is 4.74 Å². The summed E-state index contributed by atoms with van der Waals surface area (Å²) in [7, 11) is 0. The fourth-order valence-corrected chi connectivity index (χ4v) is 1.59. The van der Waals surface area contributed by atoms with Crippen molar-refractivity contribution in [2.24, 2.45) is 0 Å². The van der Waals surface area contributed by atoms with E-state index < -0.39 is 0 Å². The van der Waals surface area contributed by atoms with Crippen LogP contribution in [-0.2, 0) is 4.74 Å². The molecule has 0 bridgehead atoms. The van der Waals surface area contributed by atoms with Gasteiger partial charge in [-0.25, -0.2) is 0 Å². The Morgan fingerprint density at radius 2 is 1.50 bits per heavy atom. The Hall–Kier alpha value is 0.0500. The lowest BCUT2D eigenvalue weighted by molar-refractivity contribution is 0.157. The standard InChI is InChI=1S/C12H24OS/c1-2-10-13-11-8-6-4-3-5-7-9-12-14/h2,14H,1,3-12H2. The van der Waals surface area contributed by atoms with E-state index in [4.69, 9.17) is 4.74 Å². The number of ether oxygens (including phenoxy) is 1. The molecule has 2 heteroatoms. The third-order valence-electron chi connectivity index (χ3n) is 2.18. The van der Waals surface area contributed by atoms with Gasteiger partial charge in [-0.15, -0.1) is 6.58 Å². The zero-order valence-electron chi connectivity index (χ0n) is 9.21. The predicted octanol–water partition coefficient (Wildman–Crippen LogP) is 3.85. The second kappa shape index (κ2) is 13.1. The lowest BCUT2D eigenvalue weighted by atomic mass is 10.1. The molecule has 0 N–H and O–H groups in total. The van der Waals surface area contributed by atoms with Crippen LogP contribution in [0.1, 0.15) is 44.9 Å². The maximum atomic E-state index is 5.30. The summed E-state index contributed by atoms with van der Waals surface area (Å²) in [6.45, 7) is 5.19. The van der Waals surface area contributed by atoms with E-state index in [-0.39, 0.29) is 0 Å². The maximum absolute atomic E-state index is 5.30. The summed E-state index contributed by atoms with van der Waals surface area (Å²) >= 11 is 4.19. The normalized spacial score (nSPS) is 10.4. The number of rotatable bonds is 11. The summed E-state index contributed by atoms with van der Waals surface area (Å²) in [5.74, 6) is 1.04. The van der Waals surface area contributed by atoms with E-state index in [1.54, 1.807) is 6.08 Å². The summed E-state index contributed by atoms with van der Waals surface area (Å²) in [4.78, 5) is 0. The summed E-state index contributed by atoms with van der Waals surface area (Å²) in [6, 6.07) is 0. The summed E-state index contributed by atoms with van der Waals surface area (Å²) < 4.78 is 5.30. The van der Waals surface area contributed by atoms with Crippen LogP contribution < -0.4 is 0 Å². The van der Waals surface area contributed by atoms with Crippen molar-refractivity contribution in [2.75, 3.05) is 19.0 Å². The molecule has 0 rings (SSSR count). The average Bonchev–Trinajstić information content (AvgIpc) is 2.21. The van der Waals surface area contributed by atoms with Gasteiger partial charge in [0.2, 0.25) is 0 Å². The zero-order valence-corrected chi connectivity index (χ0v) is 10.1. The van der Waals surface area contributed by atoms with Gasteiger partial charge in [0.05, 0.1) is 6.61 Å². The number of hydrogen-bond acceptors (Lipinski definition) is 2. The van der Waals surface area contributed by atoms with Crippen LogP contribution in [0.2, 0.25) is 0 Å². The highest BCUT2D eigenvalue weighted by molar-refractivity contribution is 7.80. The molecular weight excluding hydrogens is 192 g/mol. The van der Waals surface area contributed by atoms with E-state index in [2.05, 4.69) is 19.2 Å². The summed E-state index contributed by atoms with van der Waals surface area (Å²) in [5, 5.41) is 0. The van der Waals surface area contributed by atoms with Crippen LogP contribution in [0.25, 0.3) is 0 Å². The van der Waals surface area contributed by atoms with Crippen molar-refractivity contribution in [3.8, 4) is 0 Å². The largest absolute Gasteiger partial charge is 0.377 e. The van der Waals surface area contributed by atoms with Gasteiger partial charge in [-0.05, 0) is 18.6 Å². The molecule has 0 aromatic carbocycles. The number of thiol groups is 1. The molecule has 84 valence electrons. The van der Waals surface area contributed by atoms with Gasteiger partial charge >= 0.3 is 0 Å². The Balaban J connectivity index is 2.81. The minimum atomic E-state index is 0.696. The van der Waals surface area contributed by atoms with Crippen LogP contribution in [0, 0.1) is 0 Å². The fourth-order valence-electron chi connectivity index (χ4n) is 1.37. The van der Waals surface area contributed by atoms with E-state index in [9.17, 15) is 0 Å². The molecule has 0 saturated heterocycles. The Morgan fingerprint density at radius 1 is 0.929 bits per heavy atom. The van der Waals surface area contributed by atoms with Gasteiger partial charge in [0.25, 0.3) is 0 Å². The highest BCUT2D eigenvalue weighted by Gasteiger charge is 1.91. The lowest BCUT2D eigenvalue weighted by Gasteiger charge is -2.01. The van der Waals surface area contributed by atoms with Crippen molar-refractivity contribution in [3.63, 3.8) is 0 Å². The smallest absolute Gasteiger partial charge is 0.0644 e. The molecule has 0 amide bonds. The molecule has 0 radical (unpaired) electrons. The first-order chi connectivity index (χ1) is 6.91. The van der Waals surface area contributed by atoms with Crippen molar-refractivity contribution in [2.45, 2.75) is 44.9 Å². The van der Waals surface area contributed by atoms with Gasteiger partial charge in [0.15, 0.2) is 0 Å². The van der Waals surface area contributed by atoms with Crippen LogP contribution in [0.3, 0.4) is 0 Å². The van der Waals surface area contributed by atoms with Gasteiger partial charge in [0.1, 0.15) is 0 Å². The van der Waals surface area contributed by atoms with Gasteiger partial charge in [-0.3, -0.25) is 0 Å². The Morgan fingerprint density at radius 3 is 2.07 bits per heavy atom. The molecule has 1 nitrogen and oxygen atoms in total. The van der Waals surface area contributed by atoms with Gasteiger partial charge in [-0.2, -0.15) is 12.6 Å². The zero-order chi connectivity index (χ0) is 10.5. The minimum Gasteiger partial charge on any atom is -0.377 e. The van der Waals surface area contributed by atoms with Crippen LogP contribution in [0.15, 0.2) is 12.7 Å². The summed E-state index contributed by atoms with van der Waals surface area (Å²) in [6.07, 6.45) is 11.0. The van der Waals surface area contributed by atoms with Gasteiger partial charge in [0, 0.05) is 6.61 Å². The molecule has 0 aromatic heterocycles. The maximum Gasteiger partial charge on any atom is 0.0644 e. The van der Waals surface area contributed by atoms with Crippen molar-refractivity contribution < 1.29 is 4.74 Å². The third kappa shape index (κ3) is 12.0. The number of unbranched alkanes of at least 4 members (excludes halogenated alkanes) is 6. The second-order valence-electron chi connectivity index (χ2n) is 3.56. The first kappa shape index (κ1) is 14.1. The molecule has 0 aliphatic heterocycles. The molecule has 0 spiro atoms. The summed E-state index contributed by atoms with van der Waals surface area (Å²) in [5.41, 5.74) is 0. The Kier molecular flexibility index (Phi) is 13.1. The molecule has 0 heterocycles. The van der Waals surface area contributed by atoms with Crippen molar-refractivity contribution >= 4 is 12.6 Å².